The quantitative estimate of drug-likeness (QED) is 0.0857. The Morgan fingerprint density at radius 2 is 1.83 bits per heavy atom. The summed E-state index contributed by atoms with van der Waals surface area (Å²) in [4.78, 5) is 33.9. The van der Waals surface area contributed by atoms with Crippen LogP contribution in [0.15, 0.2) is 70.9 Å². The van der Waals surface area contributed by atoms with Crippen molar-refractivity contribution in [2.24, 2.45) is 17.4 Å². The number of rotatable bonds is 13. The molecule has 0 spiro atoms. The molecule has 1 aromatic carbocycles. The van der Waals surface area contributed by atoms with Gasteiger partial charge in [0, 0.05) is 55.1 Å². The van der Waals surface area contributed by atoms with Gasteiger partial charge in [-0.3, -0.25) is 23.4 Å². The number of fused-ring (bicyclic) bond motifs is 3. The minimum atomic E-state index is -1.84. The molecule has 3 fully saturated rings. The van der Waals surface area contributed by atoms with Crippen LogP contribution in [0.4, 0.5) is 11.4 Å². The number of likely N-dealkylation sites (tertiary alicyclic amines) is 1. The monoisotopic (exact) mass is 724 g/mol. The van der Waals surface area contributed by atoms with E-state index in [9.17, 15) is 18.9 Å². The molecule has 2 aliphatic carbocycles. The molecule has 1 saturated heterocycles. The molecular formula is C36H45BN10O4S. The van der Waals surface area contributed by atoms with Crippen LogP contribution >= 0.6 is 0 Å². The summed E-state index contributed by atoms with van der Waals surface area (Å²) in [5, 5.41) is 25.7. The highest BCUT2D eigenvalue weighted by Gasteiger charge is 2.44. The van der Waals surface area contributed by atoms with E-state index in [0.717, 1.165) is 54.6 Å². The summed E-state index contributed by atoms with van der Waals surface area (Å²) in [6.07, 6.45) is 7.60. The SMILES string of the molecule is [B]C(O)(c1cccc(S(=O)CC)n1)N1CC(n2ncc3c2C(CC)N(C)c2c(NC(/C=C(\N)NC(=O)C4CC4)=C(/N)C(=O)NC4CC4)cccc2-3)C1. The van der Waals surface area contributed by atoms with E-state index >= 15 is 0 Å². The highest BCUT2D eigenvalue weighted by molar-refractivity contribution is 7.84. The van der Waals surface area contributed by atoms with Gasteiger partial charge in [0.2, 0.25) is 5.91 Å². The second kappa shape index (κ2) is 14.0. The van der Waals surface area contributed by atoms with Crippen molar-refractivity contribution in [1.29, 1.82) is 0 Å². The third-order valence-electron chi connectivity index (χ3n) is 10.2. The van der Waals surface area contributed by atoms with E-state index < -0.39 is 22.3 Å². The number of nitrogens with two attached hydrogens (primary N) is 2. The highest BCUT2D eigenvalue weighted by Crippen LogP contribution is 2.50. The van der Waals surface area contributed by atoms with Crippen LogP contribution in [-0.2, 0) is 26.0 Å². The summed E-state index contributed by atoms with van der Waals surface area (Å²) in [7, 11) is 7.19. The van der Waals surface area contributed by atoms with Gasteiger partial charge in [-0.05, 0) is 50.3 Å². The van der Waals surface area contributed by atoms with Crippen molar-refractivity contribution in [3.63, 3.8) is 0 Å². The Bertz CT molecular complexity index is 1980. The van der Waals surface area contributed by atoms with E-state index in [-0.39, 0.29) is 52.9 Å². The molecule has 0 bridgehead atoms. The fraction of sp³-hybridized carbons (Fsp3) is 0.444. The first kappa shape index (κ1) is 35.7. The standard InChI is InChI=1S/C36H45BN10O4S/c1-4-27-33-24(17-40-47(33)22-18-46(19-22)36(37,50)28-10-7-11-30(43-28)52(51)5-2)23-8-6-9-25(32(23)45(27)3)42-26(31(39)35(49)41-21-14-15-21)16-29(38)44-34(48)20-12-13-20/h6-11,16-17,20-22,27,42,50H,4-5,12-15,18-19,38-39H2,1-3H3,(H,41,49)(H,44,48)/b29-16+,31-26+. The van der Waals surface area contributed by atoms with Gasteiger partial charge in [0.05, 0.1) is 57.5 Å². The second-order valence-corrected chi connectivity index (χ2v) is 15.7. The lowest BCUT2D eigenvalue weighted by Gasteiger charge is -2.49. The van der Waals surface area contributed by atoms with Crippen LogP contribution in [0.2, 0.25) is 0 Å². The van der Waals surface area contributed by atoms with E-state index in [1.54, 1.807) is 23.1 Å². The molecule has 52 heavy (non-hydrogen) atoms. The van der Waals surface area contributed by atoms with Gasteiger partial charge in [-0.2, -0.15) is 5.10 Å². The van der Waals surface area contributed by atoms with Gasteiger partial charge < -0.3 is 37.4 Å². The Labute approximate surface area is 306 Å². The number of pyridine rings is 1. The van der Waals surface area contributed by atoms with Crippen LogP contribution in [0.25, 0.3) is 11.1 Å². The van der Waals surface area contributed by atoms with E-state index in [2.05, 4.69) is 32.8 Å². The number of benzene rings is 1. The third-order valence-corrected chi connectivity index (χ3v) is 11.4. The first-order valence-corrected chi connectivity index (χ1v) is 19.1. The molecule has 2 aliphatic heterocycles. The first-order chi connectivity index (χ1) is 24.9. The normalized spacial score (nSPS) is 21.2. The number of hydrogen-bond acceptors (Lipinski definition) is 11. The topological polar surface area (TPSA) is 197 Å². The van der Waals surface area contributed by atoms with Crippen LogP contribution in [-0.4, -0.2) is 80.6 Å². The molecule has 2 aromatic heterocycles. The van der Waals surface area contributed by atoms with Crippen LogP contribution in [0.5, 0.6) is 0 Å². The Kier molecular flexibility index (Phi) is 9.65. The van der Waals surface area contributed by atoms with Gasteiger partial charge in [-0.1, -0.05) is 32.0 Å². The van der Waals surface area contributed by atoms with Gasteiger partial charge in [0.15, 0.2) is 0 Å². The summed E-state index contributed by atoms with van der Waals surface area (Å²) in [6, 6.07) is 10.9. The molecule has 3 aromatic rings. The first-order valence-electron chi connectivity index (χ1n) is 17.8. The fourth-order valence-corrected chi connectivity index (χ4v) is 7.64. The van der Waals surface area contributed by atoms with Crippen molar-refractivity contribution in [1.82, 2.24) is 30.3 Å². The summed E-state index contributed by atoms with van der Waals surface area (Å²) in [5.74, 6) is -0.0982. The van der Waals surface area contributed by atoms with Crippen molar-refractivity contribution >= 4 is 41.8 Å². The maximum Gasteiger partial charge on any atom is 0.269 e. The Balaban J connectivity index is 1.17. The van der Waals surface area contributed by atoms with E-state index in [1.807, 2.05) is 43.0 Å². The van der Waals surface area contributed by atoms with Gasteiger partial charge in [-0.15, -0.1) is 0 Å². The number of para-hydroxylation sites is 1. The molecule has 2 amide bonds. The zero-order valence-electron chi connectivity index (χ0n) is 29.6. The van der Waals surface area contributed by atoms with Crippen LogP contribution in [0.1, 0.15) is 69.4 Å². The number of nitrogens with one attached hydrogen (secondary N) is 3. The van der Waals surface area contributed by atoms with Gasteiger partial charge in [0.25, 0.3) is 5.91 Å². The minimum absolute atomic E-state index is 0.0397. The molecule has 14 nitrogen and oxygen atoms in total. The maximum atomic E-state index is 13.1. The molecular weight excluding hydrogens is 679 g/mol. The molecule has 3 unspecified atom stereocenters. The van der Waals surface area contributed by atoms with Crippen molar-refractivity contribution in [2.75, 3.05) is 36.1 Å². The second-order valence-electron chi connectivity index (χ2n) is 14.0. The number of carbonyl (C=O) groups excluding carboxylic acids is 2. The fourth-order valence-electron chi connectivity index (χ4n) is 6.92. The number of aromatic nitrogens is 3. The minimum Gasteiger partial charge on any atom is -0.393 e. The number of nitrogens with zero attached hydrogens (tertiary/aromatic N) is 5. The molecule has 4 heterocycles. The number of allylic oxidation sites excluding steroid dienone is 1. The molecule has 7 rings (SSSR count). The molecule has 2 saturated carbocycles. The molecule has 16 heteroatoms. The zero-order valence-corrected chi connectivity index (χ0v) is 30.4. The summed E-state index contributed by atoms with van der Waals surface area (Å²) >= 11 is 0. The van der Waals surface area contributed by atoms with Crippen LogP contribution in [0, 0.1) is 5.92 Å². The van der Waals surface area contributed by atoms with E-state index in [0.29, 0.717) is 29.6 Å². The largest absolute Gasteiger partial charge is 0.393 e. The Morgan fingerprint density at radius 3 is 2.50 bits per heavy atom. The van der Waals surface area contributed by atoms with E-state index in [1.165, 1.54) is 6.08 Å². The van der Waals surface area contributed by atoms with Gasteiger partial charge in [-0.25, -0.2) is 4.98 Å². The average molecular weight is 725 g/mol. The van der Waals surface area contributed by atoms with E-state index in [4.69, 9.17) is 24.4 Å². The van der Waals surface area contributed by atoms with Crippen molar-refractivity contribution < 1.29 is 18.9 Å². The molecule has 2 radical (unpaired) electrons. The van der Waals surface area contributed by atoms with Crippen molar-refractivity contribution in [2.45, 2.75) is 74.7 Å². The zero-order chi connectivity index (χ0) is 36.9. The van der Waals surface area contributed by atoms with Crippen LogP contribution in [0.3, 0.4) is 0 Å². The number of anilines is 2. The Hall–Kier alpha value is -4.67. The van der Waals surface area contributed by atoms with Gasteiger partial charge in [0.1, 0.15) is 30.0 Å². The third kappa shape index (κ3) is 6.82. The summed E-state index contributed by atoms with van der Waals surface area (Å²) < 4.78 is 14.4. The van der Waals surface area contributed by atoms with Crippen molar-refractivity contribution in [3.8, 4) is 11.1 Å². The lowest BCUT2D eigenvalue weighted by molar-refractivity contribution is -0.121. The molecule has 272 valence electrons. The van der Waals surface area contributed by atoms with Crippen LogP contribution < -0.4 is 32.3 Å². The smallest absolute Gasteiger partial charge is 0.269 e. The Morgan fingerprint density at radius 1 is 1.10 bits per heavy atom. The highest BCUT2D eigenvalue weighted by atomic mass is 32.2. The number of amides is 2. The average Bonchev–Trinajstić information content (AvgIpc) is 4.05. The number of hydrogen-bond donors (Lipinski definition) is 6. The number of carbonyl (C=O) groups is 2. The summed E-state index contributed by atoms with van der Waals surface area (Å²) in [5.41, 5.74) is 15.9. The number of aliphatic hydroxyl groups is 1. The maximum absolute atomic E-state index is 13.1. The molecule has 3 atom stereocenters. The predicted octanol–water partition coefficient (Wildman–Crippen LogP) is 1.99. The van der Waals surface area contributed by atoms with Crippen molar-refractivity contribution in [3.05, 3.63) is 77.3 Å². The lowest BCUT2D eigenvalue weighted by Crippen LogP contribution is -2.59. The van der Waals surface area contributed by atoms with Gasteiger partial charge >= 0.3 is 0 Å². The molecule has 4 aliphatic rings. The predicted molar refractivity (Wildman–Crippen MR) is 200 cm³/mol. The molecule has 8 N–H and O–H groups in total. The lowest BCUT2D eigenvalue weighted by atomic mass is 9.82. The summed E-state index contributed by atoms with van der Waals surface area (Å²) in [6.45, 7) is 4.79.